The lowest BCUT2D eigenvalue weighted by Gasteiger charge is -2.29. The molecule has 2 amide bonds. The summed E-state index contributed by atoms with van der Waals surface area (Å²) in [5.74, 6) is -2.41. The van der Waals surface area contributed by atoms with Gasteiger partial charge >= 0.3 is 5.97 Å². The molecule has 0 saturated heterocycles. The Morgan fingerprint density at radius 1 is 0.949 bits per heavy atom. The van der Waals surface area contributed by atoms with Crippen LogP contribution in [-0.2, 0) is 22.6 Å². The lowest BCUT2D eigenvalue weighted by atomic mass is 9.89. The number of rotatable bonds is 6. The van der Waals surface area contributed by atoms with E-state index in [0.29, 0.717) is 27.9 Å². The molecule has 1 atom stereocenters. The van der Waals surface area contributed by atoms with E-state index < -0.39 is 23.5 Å². The summed E-state index contributed by atoms with van der Waals surface area (Å²) in [4.78, 5) is 40.7. The SMILES string of the molecule is Cc1ccc(C(=O)Nc2c(C)c3c(c(C)c2C(OC(C)(C)C)C(=O)O)CN(C(=O)c2cccc(F)c2)C3)cc1. The number of ether oxygens (including phenoxy) is 1. The third-order valence-corrected chi connectivity index (χ3v) is 6.88. The van der Waals surface area contributed by atoms with Crippen molar-refractivity contribution >= 4 is 23.5 Å². The summed E-state index contributed by atoms with van der Waals surface area (Å²) in [6, 6.07) is 12.6. The van der Waals surface area contributed by atoms with Gasteiger partial charge in [-0.15, -0.1) is 0 Å². The topological polar surface area (TPSA) is 95.9 Å². The van der Waals surface area contributed by atoms with Gasteiger partial charge in [0.1, 0.15) is 5.82 Å². The smallest absolute Gasteiger partial charge is 0.337 e. The van der Waals surface area contributed by atoms with Crippen molar-refractivity contribution in [2.24, 2.45) is 0 Å². The van der Waals surface area contributed by atoms with E-state index in [9.17, 15) is 23.9 Å². The fourth-order valence-corrected chi connectivity index (χ4v) is 4.93. The van der Waals surface area contributed by atoms with Crippen molar-refractivity contribution in [1.29, 1.82) is 0 Å². The van der Waals surface area contributed by atoms with E-state index in [-0.39, 0.29) is 30.5 Å². The number of aliphatic carboxylic acids is 1. The van der Waals surface area contributed by atoms with Gasteiger partial charge in [-0.3, -0.25) is 9.59 Å². The van der Waals surface area contributed by atoms with Crippen LogP contribution in [0.3, 0.4) is 0 Å². The molecule has 1 aliphatic rings. The summed E-state index contributed by atoms with van der Waals surface area (Å²) in [5, 5.41) is 13.2. The highest BCUT2D eigenvalue weighted by molar-refractivity contribution is 6.06. The second-order valence-electron chi connectivity index (χ2n) is 10.9. The molecular weight excluding hydrogens is 499 g/mol. The number of nitrogens with zero attached hydrogens (tertiary/aromatic N) is 1. The number of hydrogen-bond donors (Lipinski definition) is 2. The molecule has 2 N–H and O–H groups in total. The van der Waals surface area contributed by atoms with E-state index in [1.165, 1.54) is 18.2 Å². The quantitative estimate of drug-likeness (QED) is 0.400. The Kier molecular flexibility index (Phi) is 7.61. The van der Waals surface area contributed by atoms with Crippen LogP contribution in [0.4, 0.5) is 10.1 Å². The van der Waals surface area contributed by atoms with Gasteiger partial charge in [0.05, 0.1) is 11.3 Å². The number of amides is 2. The maximum absolute atomic E-state index is 13.8. The zero-order chi connectivity index (χ0) is 28.6. The molecule has 39 heavy (non-hydrogen) atoms. The zero-order valence-electron chi connectivity index (χ0n) is 23.0. The van der Waals surface area contributed by atoms with E-state index in [2.05, 4.69) is 5.32 Å². The highest BCUT2D eigenvalue weighted by Gasteiger charge is 2.36. The summed E-state index contributed by atoms with van der Waals surface area (Å²) >= 11 is 0. The van der Waals surface area contributed by atoms with Gasteiger partial charge in [-0.05, 0) is 94.1 Å². The first-order valence-electron chi connectivity index (χ1n) is 12.7. The molecule has 0 aliphatic carbocycles. The maximum atomic E-state index is 13.8. The first-order chi connectivity index (χ1) is 18.3. The third-order valence-electron chi connectivity index (χ3n) is 6.88. The summed E-state index contributed by atoms with van der Waals surface area (Å²) < 4.78 is 19.8. The highest BCUT2D eigenvalue weighted by Crippen LogP contribution is 2.42. The third kappa shape index (κ3) is 5.86. The van der Waals surface area contributed by atoms with Crippen LogP contribution in [0.2, 0.25) is 0 Å². The first-order valence-corrected chi connectivity index (χ1v) is 12.7. The average molecular weight is 533 g/mol. The molecule has 4 rings (SSSR count). The Hall–Kier alpha value is -4.04. The monoisotopic (exact) mass is 532 g/mol. The van der Waals surface area contributed by atoms with Crippen LogP contribution in [0.25, 0.3) is 0 Å². The molecule has 1 aliphatic heterocycles. The summed E-state index contributed by atoms with van der Waals surface area (Å²) in [6.45, 7) is 11.3. The number of benzene rings is 3. The number of nitrogens with one attached hydrogen (secondary N) is 1. The molecule has 7 nitrogen and oxygen atoms in total. The van der Waals surface area contributed by atoms with Crippen molar-refractivity contribution in [1.82, 2.24) is 4.90 Å². The van der Waals surface area contributed by atoms with E-state index in [1.807, 2.05) is 19.1 Å². The molecule has 1 unspecified atom stereocenters. The van der Waals surface area contributed by atoms with Crippen LogP contribution in [0.15, 0.2) is 48.5 Å². The van der Waals surface area contributed by atoms with Gasteiger partial charge in [-0.25, -0.2) is 9.18 Å². The Morgan fingerprint density at radius 2 is 1.56 bits per heavy atom. The molecule has 8 heteroatoms. The molecule has 3 aromatic carbocycles. The molecule has 0 spiro atoms. The lowest BCUT2D eigenvalue weighted by molar-refractivity contribution is -0.160. The number of halogens is 1. The largest absolute Gasteiger partial charge is 0.479 e. The molecular formula is C31H33FN2O5. The average Bonchev–Trinajstić information content (AvgIpc) is 3.31. The minimum absolute atomic E-state index is 0.221. The van der Waals surface area contributed by atoms with Crippen LogP contribution >= 0.6 is 0 Å². The van der Waals surface area contributed by atoms with Crippen molar-refractivity contribution in [3.05, 3.63) is 98.9 Å². The predicted molar refractivity (Wildman–Crippen MR) is 146 cm³/mol. The molecule has 0 saturated carbocycles. The number of hydrogen-bond acceptors (Lipinski definition) is 4. The minimum Gasteiger partial charge on any atom is -0.479 e. The maximum Gasteiger partial charge on any atom is 0.337 e. The standard InChI is InChI=1S/C31H33FN2O5/c1-17-10-12-20(13-11-17)28(35)33-26-19(3)24-16-34(29(36)21-8-7-9-22(32)14-21)15-23(24)18(2)25(26)27(30(37)38)39-31(4,5)6/h7-14,27H,15-16H2,1-6H3,(H,33,35)(H,37,38). The molecule has 204 valence electrons. The van der Waals surface area contributed by atoms with Gasteiger partial charge in [0, 0.05) is 29.8 Å². The van der Waals surface area contributed by atoms with Gasteiger partial charge in [-0.2, -0.15) is 0 Å². The molecule has 3 aromatic rings. The molecule has 1 heterocycles. The molecule has 0 fully saturated rings. The van der Waals surface area contributed by atoms with Crippen LogP contribution < -0.4 is 5.32 Å². The van der Waals surface area contributed by atoms with E-state index in [1.54, 1.807) is 57.7 Å². The number of fused-ring (bicyclic) bond motifs is 1. The van der Waals surface area contributed by atoms with Crippen molar-refractivity contribution in [3.8, 4) is 0 Å². The second-order valence-corrected chi connectivity index (χ2v) is 10.9. The summed E-state index contributed by atoms with van der Waals surface area (Å²) in [6.07, 6.45) is -1.37. The molecule has 0 radical (unpaired) electrons. The van der Waals surface area contributed by atoms with E-state index >= 15 is 0 Å². The number of carbonyl (C=O) groups is 3. The van der Waals surface area contributed by atoms with Gasteiger partial charge < -0.3 is 20.1 Å². The predicted octanol–water partition coefficient (Wildman–Crippen LogP) is 6.10. The number of aryl methyl sites for hydroxylation is 1. The fourth-order valence-electron chi connectivity index (χ4n) is 4.93. The van der Waals surface area contributed by atoms with Crippen LogP contribution in [0.5, 0.6) is 0 Å². The van der Waals surface area contributed by atoms with E-state index in [4.69, 9.17) is 4.74 Å². The Bertz CT molecular complexity index is 1460. The van der Waals surface area contributed by atoms with E-state index in [0.717, 1.165) is 16.7 Å². The molecule has 0 aromatic heterocycles. The second kappa shape index (κ2) is 10.6. The van der Waals surface area contributed by atoms with Gasteiger partial charge in [0.2, 0.25) is 0 Å². The normalized spacial score (nSPS) is 13.7. The highest BCUT2D eigenvalue weighted by atomic mass is 19.1. The number of carbonyl (C=O) groups excluding carboxylic acids is 2. The number of anilines is 1. The Morgan fingerprint density at radius 3 is 2.13 bits per heavy atom. The summed E-state index contributed by atoms with van der Waals surface area (Å²) in [5.41, 5.74) is 4.46. The van der Waals surface area contributed by atoms with Crippen LogP contribution in [0, 0.1) is 26.6 Å². The Labute approximate surface area is 227 Å². The van der Waals surface area contributed by atoms with Gasteiger partial charge in [0.15, 0.2) is 6.10 Å². The zero-order valence-corrected chi connectivity index (χ0v) is 23.0. The van der Waals surface area contributed by atoms with Crippen molar-refractivity contribution in [2.45, 2.75) is 66.3 Å². The van der Waals surface area contributed by atoms with Crippen LogP contribution in [0.1, 0.15) is 81.0 Å². The van der Waals surface area contributed by atoms with Crippen LogP contribution in [-0.4, -0.2) is 33.4 Å². The fraction of sp³-hybridized carbons (Fsp3) is 0.323. The minimum atomic E-state index is -1.37. The lowest BCUT2D eigenvalue weighted by Crippen LogP contribution is -2.29. The summed E-state index contributed by atoms with van der Waals surface area (Å²) in [7, 11) is 0. The number of carboxylic acid groups (broad SMARTS) is 1. The van der Waals surface area contributed by atoms with Gasteiger partial charge in [-0.1, -0.05) is 23.8 Å². The number of carboxylic acids is 1. The Balaban J connectivity index is 1.83. The first kappa shape index (κ1) is 28.0. The van der Waals surface area contributed by atoms with Crippen molar-refractivity contribution < 1.29 is 28.6 Å². The van der Waals surface area contributed by atoms with Crippen molar-refractivity contribution in [3.63, 3.8) is 0 Å². The van der Waals surface area contributed by atoms with Gasteiger partial charge in [0.25, 0.3) is 11.8 Å². The molecule has 0 bridgehead atoms. The van der Waals surface area contributed by atoms with Crippen molar-refractivity contribution in [2.75, 3.05) is 5.32 Å².